The van der Waals surface area contributed by atoms with Gasteiger partial charge in [-0.15, -0.1) is 0 Å². The second-order valence-electron chi connectivity index (χ2n) is 4.88. The maximum absolute atomic E-state index is 13.4. The number of carbonyl (C=O) groups is 2. The summed E-state index contributed by atoms with van der Waals surface area (Å²) in [4.78, 5) is 25.2. The lowest BCUT2D eigenvalue weighted by Gasteiger charge is -2.27. The van der Waals surface area contributed by atoms with Crippen LogP contribution < -0.4 is 5.32 Å². The van der Waals surface area contributed by atoms with Crippen LogP contribution in [0, 0.1) is 17.5 Å². The van der Waals surface area contributed by atoms with E-state index in [4.69, 9.17) is 0 Å². The number of hydrogen-bond acceptors (Lipinski definition) is 3. The Labute approximate surface area is 119 Å². The SMILES string of the molecule is O=C(CC(=O)N1CCNCC1)Cc1cc(F)c(F)cc1F. The van der Waals surface area contributed by atoms with Gasteiger partial charge in [0.15, 0.2) is 11.6 Å². The number of ketones is 1. The van der Waals surface area contributed by atoms with Crippen molar-refractivity contribution in [3.63, 3.8) is 0 Å². The van der Waals surface area contributed by atoms with Crippen LogP contribution in [0.2, 0.25) is 0 Å². The summed E-state index contributed by atoms with van der Waals surface area (Å²) in [6, 6.07) is 1.05. The predicted octanol–water partition coefficient (Wildman–Crippen LogP) is 1.04. The van der Waals surface area contributed by atoms with Gasteiger partial charge in [-0.05, 0) is 11.6 Å². The molecule has 1 aliphatic heterocycles. The zero-order valence-corrected chi connectivity index (χ0v) is 11.3. The minimum absolute atomic E-state index is 0.244. The molecule has 7 heteroatoms. The molecule has 1 aromatic rings. The highest BCUT2D eigenvalue weighted by atomic mass is 19.2. The summed E-state index contributed by atoms with van der Waals surface area (Å²) in [6.07, 6.45) is -0.792. The molecule has 0 aliphatic carbocycles. The zero-order chi connectivity index (χ0) is 15.4. The van der Waals surface area contributed by atoms with Crippen molar-refractivity contribution in [3.8, 4) is 0 Å². The number of hydrogen-bond donors (Lipinski definition) is 1. The highest BCUT2D eigenvalue weighted by molar-refractivity contribution is 5.98. The third-order valence-corrected chi connectivity index (χ3v) is 3.30. The first-order valence-electron chi connectivity index (χ1n) is 6.61. The van der Waals surface area contributed by atoms with E-state index in [-0.39, 0.29) is 17.9 Å². The van der Waals surface area contributed by atoms with Gasteiger partial charge in [-0.1, -0.05) is 0 Å². The lowest BCUT2D eigenvalue weighted by Crippen LogP contribution is -2.46. The molecule has 21 heavy (non-hydrogen) atoms. The van der Waals surface area contributed by atoms with Crippen molar-refractivity contribution in [2.75, 3.05) is 26.2 Å². The van der Waals surface area contributed by atoms with Crippen molar-refractivity contribution in [3.05, 3.63) is 35.1 Å². The van der Waals surface area contributed by atoms with Crippen LogP contribution in [0.4, 0.5) is 13.2 Å². The van der Waals surface area contributed by atoms with Gasteiger partial charge in [-0.3, -0.25) is 9.59 Å². The number of carbonyl (C=O) groups excluding carboxylic acids is 2. The van der Waals surface area contributed by atoms with E-state index in [1.54, 1.807) is 4.90 Å². The van der Waals surface area contributed by atoms with Gasteiger partial charge in [-0.25, -0.2) is 13.2 Å². The van der Waals surface area contributed by atoms with E-state index in [0.717, 1.165) is 0 Å². The summed E-state index contributed by atoms with van der Waals surface area (Å²) in [5, 5.41) is 3.08. The quantitative estimate of drug-likeness (QED) is 0.667. The number of halogens is 3. The van der Waals surface area contributed by atoms with Crippen molar-refractivity contribution in [1.82, 2.24) is 10.2 Å². The molecule has 0 unspecified atom stereocenters. The molecule has 4 nitrogen and oxygen atoms in total. The van der Waals surface area contributed by atoms with Crippen LogP contribution in [0.5, 0.6) is 0 Å². The smallest absolute Gasteiger partial charge is 0.230 e. The first-order chi connectivity index (χ1) is 9.97. The Morgan fingerprint density at radius 3 is 2.33 bits per heavy atom. The largest absolute Gasteiger partial charge is 0.340 e. The van der Waals surface area contributed by atoms with Crippen molar-refractivity contribution in [1.29, 1.82) is 0 Å². The van der Waals surface area contributed by atoms with E-state index in [0.29, 0.717) is 38.3 Å². The predicted molar refractivity (Wildman–Crippen MR) is 69.1 cm³/mol. The molecule has 1 aliphatic rings. The molecule has 0 radical (unpaired) electrons. The van der Waals surface area contributed by atoms with Crippen molar-refractivity contribution < 1.29 is 22.8 Å². The van der Waals surface area contributed by atoms with Crippen LogP contribution in [0.3, 0.4) is 0 Å². The minimum Gasteiger partial charge on any atom is -0.340 e. The Hall–Kier alpha value is -1.89. The number of nitrogens with zero attached hydrogens (tertiary/aromatic N) is 1. The Bertz CT molecular complexity index is 557. The number of amides is 1. The molecule has 114 valence electrons. The van der Waals surface area contributed by atoms with Crippen LogP contribution >= 0.6 is 0 Å². The van der Waals surface area contributed by atoms with E-state index in [9.17, 15) is 22.8 Å². The molecule has 1 N–H and O–H groups in total. The molecule has 0 saturated carbocycles. The molecule has 1 amide bonds. The number of benzene rings is 1. The number of Topliss-reactive ketones (excluding diaryl/α,β-unsaturated/α-hetero) is 1. The molecule has 0 bridgehead atoms. The summed E-state index contributed by atoms with van der Waals surface area (Å²) in [5.41, 5.74) is -0.244. The molecule has 0 atom stereocenters. The molecule has 1 fully saturated rings. The fourth-order valence-electron chi connectivity index (χ4n) is 2.17. The van der Waals surface area contributed by atoms with Gasteiger partial charge in [0.1, 0.15) is 11.6 Å². The second-order valence-corrected chi connectivity index (χ2v) is 4.88. The average molecular weight is 300 g/mol. The average Bonchev–Trinajstić information content (AvgIpc) is 2.45. The van der Waals surface area contributed by atoms with E-state index >= 15 is 0 Å². The Morgan fingerprint density at radius 2 is 1.67 bits per heavy atom. The molecule has 1 saturated heterocycles. The molecular weight excluding hydrogens is 285 g/mol. The summed E-state index contributed by atoms with van der Waals surface area (Å²) in [6.45, 7) is 2.37. The van der Waals surface area contributed by atoms with E-state index in [1.807, 2.05) is 0 Å². The topological polar surface area (TPSA) is 49.4 Å². The maximum Gasteiger partial charge on any atom is 0.230 e. The first-order valence-corrected chi connectivity index (χ1v) is 6.61. The highest BCUT2D eigenvalue weighted by Gasteiger charge is 2.20. The summed E-state index contributed by atoms with van der Waals surface area (Å²) in [7, 11) is 0. The number of rotatable bonds is 4. The van der Waals surface area contributed by atoms with Crippen LogP contribution in [0.15, 0.2) is 12.1 Å². The lowest BCUT2D eigenvalue weighted by molar-refractivity contribution is -0.135. The summed E-state index contributed by atoms with van der Waals surface area (Å²) < 4.78 is 39.2. The van der Waals surface area contributed by atoms with Gasteiger partial charge in [0, 0.05) is 38.7 Å². The third kappa shape index (κ3) is 4.04. The molecule has 0 spiro atoms. The Balaban J connectivity index is 1.95. The van der Waals surface area contributed by atoms with E-state index in [1.165, 1.54) is 0 Å². The Kier molecular flexibility index (Phi) is 4.95. The fraction of sp³-hybridized carbons (Fsp3) is 0.429. The second kappa shape index (κ2) is 6.71. The van der Waals surface area contributed by atoms with Crippen molar-refractivity contribution in [2.45, 2.75) is 12.8 Å². The van der Waals surface area contributed by atoms with Gasteiger partial charge in [0.05, 0.1) is 6.42 Å². The maximum atomic E-state index is 13.4. The standard InChI is InChI=1S/C14H15F3N2O2/c15-11-8-13(17)12(16)6-9(11)5-10(20)7-14(21)19-3-1-18-2-4-19/h6,8,18H,1-5,7H2. The van der Waals surface area contributed by atoms with E-state index in [2.05, 4.69) is 5.32 Å². The monoisotopic (exact) mass is 300 g/mol. The number of piperazine rings is 1. The zero-order valence-electron chi connectivity index (χ0n) is 11.3. The van der Waals surface area contributed by atoms with Gasteiger partial charge in [0.2, 0.25) is 5.91 Å². The minimum atomic E-state index is -1.31. The molecular formula is C14H15F3N2O2. The normalized spacial score (nSPS) is 15.1. The van der Waals surface area contributed by atoms with Crippen LogP contribution in [-0.2, 0) is 16.0 Å². The summed E-state index contributed by atoms with van der Waals surface area (Å²) >= 11 is 0. The first kappa shape index (κ1) is 15.5. The van der Waals surface area contributed by atoms with E-state index < -0.39 is 29.7 Å². The summed E-state index contributed by atoms with van der Waals surface area (Å²) in [5.74, 6) is -4.36. The lowest BCUT2D eigenvalue weighted by atomic mass is 10.1. The van der Waals surface area contributed by atoms with Gasteiger partial charge in [-0.2, -0.15) is 0 Å². The highest BCUT2D eigenvalue weighted by Crippen LogP contribution is 2.15. The number of nitrogens with one attached hydrogen (secondary N) is 1. The van der Waals surface area contributed by atoms with Crippen LogP contribution in [0.1, 0.15) is 12.0 Å². The third-order valence-electron chi connectivity index (χ3n) is 3.30. The van der Waals surface area contributed by atoms with Crippen LogP contribution in [0.25, 0.3) is 0 Å². The van der Waals surface area contributed by atoms with Gasteiger partial charge >= 0.3 is 0 Å². The molecule has 1 aromatic carbocycles. The Morgan fingerprint density at radius 1 is 1.05 bits per heavy atom. The molecule has 2 rings (SSSR count). The molecule has 0 aromatic heterocycles. The van der Waals surface area contributed by atoms with Crippen LogP contribution in [-0.4, -0.2) is 42.8 Å². The molecule has 1 heterocycles. The van der Waals surface area contributed by atoms with Crippen molar-refractivity contribution >= 4 is 11.7 Å². The van der Waals surface area contributed by atoms with Crippen molar-refractivity contribution in [2.24, 2.45) is 0 Å². The fourth-order valence-corrected chi connectivity index (χ4v) is 2.17. The van der Waals surface area contributed by atoms with Gasteiger partial charge < -0.3 is 10.2 Å². The van der Waals surface area contributed by atoms with Gasteiger partial charge in [0.25, 0.3) is 0 Å².